The number of carbonyl (C=O) groups excluding carboxylic acids is 1. The van der Waals surface area contributed by atoms with Crippen LogP contribution in [0.5, 0.6) is 5.75 Å². The van der Waals surface area contributed by atoms with Gasteiger partial charge < -0.3 is 19.9 Å². The summed E-state index contributed by atoms with van der Waals surface area (Å²) in [7, 11) is 1.69. The molecule has 2 fully saturated rings. The molecule has 1 N–H and O–H groups in total. The number of ether oxygens (including phenoxy) is 1. The number of nitrogens with zero attached hydrogens (tertiary/aromatic N) is 5. The number of para-hydroxylation sites is 4. The standard InChI is InChI=1S/C28H32N6O2/c1-36-25-14-8-7-13-24(25)33-15-17-34(18-16-33)27-26(31-22-11-5-6-12-23(22)32-27)21(19-29)28(35)30-20-9-3-2-4-10-20/h5-8,11-14,20-21H,2-4,9-10,15-18H2,1H3,(H,30,35)/t21-/m0/s1. The summed E-state index contributed by atoms with van der Waals surface area (Å²) in [5.41, 5.74) is 2.95. The van der Waals surface area contributed by atoms with Gasteiger partial charge in [0, 0.05) is 32.2 Å². The first-order chi connectivity index (χ1) is 17.7. The minimum absolute atomic E-state index is 0.128. The van der Waals surface area contributed by atoms with E-state index in [0.717, 1.165) is 55.7 Å². The monoisotopic (exact) mass is 484 g/mol. The first-order valence-electron chi connectivity index (χ1n) is 12.8. The van der Waals surface area contributed by atoms with Gasteiger partial charge in [0.1, 0.15) is 11.4 Å². The number of carbonyl (C=O) groups is 1. The Morgan fingerprint density at radius 1 is 0.972 bits per heavy atom. The summed E-state index contributed by atoms with van der Waals surface area (Å²) in [5.74, 6) is 0.189. The summed E-state index contributed by atoms with van der Waals surface area (Å²) in [6.07, 6.45) is 5.35. The van der Waals surface area contributed by atoms with Crippen molar-refractivity contribution in [2.45, 2.75) is 44.1 Å². The molecule has 1 aromatic heterocycles. The van der Waals surface area contributed by atoms with Gasteiger partial charge in [0.2, 0.25) is 5.91 Å². The van der Waals surface area contributed by atoms with Gasteiger partial charge in [-0.3, -0.25) is 4.79 Å². The minimum atomic E-state index is -1.01. The molecule has 1 atom stereocenters. The van der Waals surface area contributed by atoms with Gasteiger partial charge in [-0.2, -0.15) is 5.26 Å². The molecule has 3 aromatic rings. The smallest absolute Gasteiger partial charge is 0.243 e. The highest BCUT2D eigenvalue weighted by Crippen LogP contribution is 2.32. The molecule has 36 heavy (non-hydrogen) atoms. The number of aromatic nitrogens is 2. The van der Waals surface area contributed by atoms with E-state index in [4.69, 9.17) is 14.7 Å². The first-order valence-corrected chi connectivity index (χ1v) is 12.8. The molecule has 186 valence electrons. The fraction of sp³-hybridized carbons (Fsp3) is 0.429. The predicted molar refractivity (Wildman–Crippen MR) is 140 cm³/mol. The fourth-order valence-electron chi connectivity index (χ4n) is 5.26. The average molecular weight is 485 g/mol. The normalized spacial score (nSPS) is 17.4. The second kappa shape index (κ2) is 10.8. The molecule has 2 heterocycles. The Balaban J connectivity index is 1.42. The lowest BCUT2D eigenvalue weighted by molar-refractivity contribution is -0.122. The molecule has 1 amide bonds. The molecular weight excluding hydrogens is 452 g/mol. The summed E-state index contributed by atoms with van der Waals surface area (Å²) in [5, 5.41) is 13.2. The van der Waals surface area contributed by atoms with Crippen LogP contribution in [0.25, 0.3) is 11.0 Å². The SMILES string of the molecule is COc1ccccc1N1CCN(c2nc3ccccc3nc2[C@H](C#N)C(=O)NC2CCCCC2)CC1. The van der Waals surface area contributed by atoms with Gasteiger partial charge in [0.15, 0.2) is 11.7 Å². The third-order valence-corrected chi connectivity index (χ3v) is 7.20. The molecule has 0 bridgehead atoms. The number of rotatable bonds is 6. The van der Waals surface area contributed by atoms with Crippen LogP contribution in [-0.4, -0.2) is 55.2 Å². The van der Waals surface area contributed by atoms with Gasteiger partial charge in [-0.25, -0.2) is 9.97 Å². The van der Waals surface area contributed by atoms with E-state index in [9.17, 15) is 10.1 Å². The number of benzene rings is 2. The van der Waals surface area contributed by atoms with Crippen molar-refractivity contribution in [1.82, 2.24) is 15.3 Å². The lowest BCUT2D eigenvalue weighted by atomic mass is 9.94. The molecule has 8 nitrogen and oxygen atoms in total. The Kier molecular flexibility index (Phi) is 7.17. The number of amides is 1. The topological polar surface area (TPSA) is 94.4 Å². The van der Waals surface area contributed by atoms with Crippen molar-refractivity contribution in [1.29, 1.82) is 5.26 Å². The zero-order valence-corrected chi connectivity index (χ0v) is 20.7. The van der Waals surface area contributed by atoms with Crippen molar-refractivity contribution in [3.05, 3.63) is 54.2 Å². The van der Waals surface area contributed by atoms with Gasteiger partial charge in [0.25, 0.3) is 0 Å². The summed E-state index contributed by atoms with van der Waals surface area (Å²) in [6, 6.07) is 18.0. The Morgan fingerprint density at radius 2 is 1.61 bits per heavy atom. The third kappa shape index (κ3) is 4.92. The Hall–Kier alpha value is -3.86. The summed E-state index contributed by atoms with van der Waals surface area (Å²) >= 11 is 0. The maximum atomic E-state index is 13.3. The molecule has 8 heteroatoms. The van der Waals surface area contributed by atoms with Crippen molar-refractivity contribution in [2.75, 3.05) is 43.1 Å². The second-order valence-electron chi connectivity index (χ2n) is 9.47. The maximum Gasteiger partial charge on any atom is 0.243 e. The molecule has 1 saturated heterocycles. The van der Waals surface area contributed by atoms with Crippen LogP contribution >= 0.6 is 0 Å². The molecule has 0 spiro atoms. The Morgan fingerprint density at radius 3 is 2.31 bits per heavy atom. The number of anilines is 2. The van der Waals surface area contributed by atoms with Crippen LogP contribution in [0, 0.1) is 11.3 Å². The lowest BCUT2D eigenvalue weighted by Gasteiger charge is -2.38. The van der Waals surface area contributed by atoms with Gasteiger partial charge in [0.05, 0.1) is 29.9 Å². The summed E-state index contributed by atoms with van der Waals surface area (Å²) in [6.45, 7) is 2.92. The van der Waals surface area contributed by atoms with Gasteiger partial charge in [-0.05, 0) is 37.1 Å². The summed E-state index contributed by atoms with van der Waals surface area (Å²) < 4.78 is 5.55. The van der Waals surface area contributed by atoms with Crippen LogP contribution in [0.1, 0.15) is 43.7 Å². The molecular formula is C28H32N6O2. The zero-order valence-electron chi connectivity index (χ0n) is 20.7. The minimum Gasteiger partial charge on any atom is -0.495 e. The number of nitriles is 1. The van der Waals surface area contributed by atoms with E-state index in [0.29, 0.717) is 30.1 Å². The summed E-state index contributed by atoms with van der Waals surface area (Å²) in [4.78, 5) is 27.5. The van der Waals surface area contributed by atoms with Crippen LogP contribution in [0.4, 0.5) is 11.5 Å². The second-order valence-corrected chi connectivity index (χ2v) is 9.47. The molecule has 1 aliphatic carbocycles. The molecule has 1 saturated carbocycles. The number of methoxy groups -OCH3 is 1. The number of piperazine rings is 1. The fourth-order valence-corrected chi connectivity index (χ4v) is 5.26. The van der Waals surface area contributed by atoms with Crippen LogP contribution in [-0.2, 0) is 4.79 Å². The van der Waals surface area contributed by atoms with Gasteiger partial charge in [-0.1, -0.05) is 43.5 Å². The van der Waals surface area contributed by atoms with E-state index in [2.05, 4.69) is 27.3 Å². The van der Waals surface area contributed by atoms with E-state index >= 15 is 0 Å². The molecule has 2 aromatic carbocycles. The van der Waals surface area contributed by atoms with E-state index in [1.54, 1.807) is 7.11 Å². The van der Waals surface area contributed by atoms with Crippen LogP contribution in [0.3, 0.4) is 0 Å². The number of nitrogens with one attached hydrogen (secondary N) is 1. The molecule has 0 radical (unpaired) electrons. The third-order valence-electron chi connectivity index (χ3n) is 7.20. The highest BCUT2D eigenvalue weighted by atomic mass is 16.5. The van der Waals surface area contributed by atoms with E-state index in [-0.39, 0.29) is 11.9 Å². The van der Waals surface area contributed by atoms with Crippen molar-refractivity contribution in [3.8, 4) is 11.8 Å². The van der Waals surface area contributed by atoms with Crippen LogP contribution < -0.4 is 19.9 Å². The molecule has 5 rings (SSSR count). The highest BCUT2D eigenvalue weighted by Gasteiger charge is 2.31. The van der Waals surface area contributed by atoms with Crippen LogP contribution in [0.2, 0.25) is 0 Å². The van der Waals surface area contributed by atoms with Crippen LogP contribution in [0.15, 0.2) is 48.5 Å². The largest absolute Gasteiger partial charge is 0.495 e. The van der Waals surface area contributed by atoms with Crippen molar-refractivity contribution < 1.29 is 9.53 Å². The van der Waals surface area contributed by atoms with Crippen molar-refractivity contribution >= 4 is 28.4 Å². The predicted octanol–water partition coefficient (Wildman–Crippen LogP) is 4.02. The van der Waals surface area contributed by atoms with Crippen molar-refractivity contribution in [3.63, 3.8) is 0 Å². The van der Waals surface area contributed by atoms with E-state index in [1.807, 2.05) is 42.5 Å². The molecule has 1 aliphatic heterocycles. The number of fused-ring (bicyclic) bond motifs is 1. The van der Waals surface area contributed by atoms with E-state index in [1.165, 1.54) is 6.42 Å². The molecule has 2 aliphatic rings. The quantitative estimate of drug-likeness (QED) is 0.565. The number of hydrogen-bond acceptors (Lipinski definition) is 7. The van der Waals surface area contributed by atoms with E-state index < -0.39 is 5.92 Å². The first kappa shape index (κ1) is 23.9. The Labute approximate surface area is 211 Å². The number of hydrogen-bond donors (Lipinski definition) is 1. The van der Waals surface area contributed by atoms with Crippen molar-refractivity contribution in [2.24, 2.45) is 0 Å². The Bertz CT molecular complexity index is 1260. The lowest BCUT2D eigenvalue weighted by Crippen LogP contribution is -2.47. The highest BCUT2D eigenvalue weighted by molar-refractivity contribution is 5.89. The van der Waals surface area contributed by atoms with Gasteiger partial charge >= 0.3 is 0 Å². The maximum absolute atomic E-state index is 13.3. The zero-order chi connectivity index (χ0) is 24.9. The average Bonchev–Trinajstić information content (AvgIpc) is 2.93. The molecule has 0 unspecified atom stereocenters. The van der Waals surface area contributed by atoms with Gasteiger partial charge in [-0.15, -0.1) is 0 Å².